The Hall–Kier alpha value is -1.20. The van der Waals surface area contributed by atoms with Crippen molar-refractivity contribution in [2.24, 2.45) is 0 Å². The second kappa shape index (κ2) is 4.88. The normalized spacial score (nSPS) is 9.64. The van der Waals surface area contributed by atoms with Gasteiger partial charge >= 0.3 is 6.03 Å². The van der Waals surface area contributed by atoms with E-state index >= 15 is 0 Å². The van der Waals surface area contributed by atoms with Crippen molar-refractivity contribution in [3.63, 3.8) is 0 Å². The Labute approximate surface area is 88.2 Å². The summed E-state index contributed by atoms with van der Waals surface area (Å²) in [7, 11) is 2.95. The maximum atomic E-state index is 11.3. The highest BCUT2D eigenvalue weighted by atomic mass is 32.1. The monoisotopic (exact) mass is 212 g/mol. The third-order valence-corrected chi connectivity index (χ3v) is 1.94. The van der Waals surface area contributed by atoms with Gasteiger partial charge in [0.05, 0.1) is 7.11 Å². The van der Waals surface area contributed by atoms with Crippen LogP contribution in [0.5, 0.6) is 0 Å². The quantitative estimate of drug-likeness (QED) is 0.581. The highest BCUT2D eigenvalue weighted by Crippen LogP contribution is 2.13. The fraction of sp³-hybridized carbons (Fsp3) is 0.222. The van der Waals surface area contributed by atoms with Crippen LogP contribution in [0.25, 0.3) is 0 Å². The molecular weight excluding hydrogens is 200 g/mol. The van der Waals surface area contributed by atoms with Gasteiger partial charge in [0.25, 0.3) is 0 Å². The number of amides is 2. The Morgan fingerprint density at radius 3 is 2.86 bits per heavy atom. The van der Waals surface area contributed by atoms with Crippen LogP contribution in [0, 0.1) is 0 Å². The first-order valence-electron chi connectivity index (χ1n) is 4.01. The predicted octanol–water partition coefficient (Wildman–Crippen LogP) is 2.00. The summed E-state index contributed by atoms with van der Waals surface area (Å²) in [5, 5.41) is 3.75. The number of nitrogens with one attached hydrogen (secondary N) is 1. The minimum Gasteiger partial charge on any atom is -0.306 e. The number of urea groups is 1. The first-order valence-corrected chi connectivity index (χ1v) is 4.46. The molecule has 5 heteroatoms. The molecular formula is C9H12N2O2S. The van der Waals surface area contributed by atoms with Crippen molar-refractivity contribution in [1.29, 1.82) is 0 Å². The van der Waals surface area contributed by atoms with Crippen LogP contribution in [0.4, 0.5) is 10.5 Å². The Kier molecular flexibility index (Phi) is 3.79. The van der Waals surface area contributed by atoms with Crippen LogP contribution in [0.1, 0.15) is 0 Å². The number of nitrogens with zero attached hydrogens (tertiary/aromatic N) is 1. The number of hydroxylamine groups is 2. The zero-order valence-corrected chi connectivity index (χ0v) is 8.91. The van der Waals surface area contributed by atoms with Crippen molar-refractivity contribution in [1.82, 2.24) is 5.06 Å². The zero-order chi connectivity index (χ0) is 10.6. The van der Waals surface area contributed by atoms with E-state index in [2.05, 4.69) is 17.9 Å². The first kappa shape index (κ1) is 10.9. The Morgan fingerprint density at radius 1 is 1.57 bits per heavy atom. The lowest BCUT2D eigenvalue weighted by Crippen LogP contribution is -2.30. The van der Waals surface area contributed by atoms with Gasteiger partial charge in [-0.15, -0.1) is 12.6 Å². The predicted molar refractivity (Wildman–Crippen MR) is 57.5 cm³/mol. The molecule has 0 fully saturated rings. The van der Waals surface area contributed by atoms with Gasteiger partial charge in [-0.2, -0.15) is 0 Å². The summed E-state index contributed by atoms with van der Waals surface area (Å²) < 4.78 is 0. The lowest BCUT2D eigenvalue weighted by atomic mass is 10.3. The minimum absolute atomic E-state index is 0.327. The smallest absolute Gasteiger partial charge is 0.306 e. The van der Waals surface area contributed by atoms with Gasteiger partial charge in [-0.1, -0.05) is 6.07 Å². The Balaban J connectivity index is 2.65. The highest BCUT2D eigenvalue weighted by molar-refractivity contribution is 7.80. The number of hydrogen-bond acceptors (Lipinski definition) is 3. The van der Waals surface area contributed by atoms with Crippen molar-refractivity contribution < 1.29 is 9.63 Å². The molecule has 0 saturated carbocycles. The molecule has 0 spiro atoms. The number of benzene rings is 1. The molecule has 2 amide bonds. The molecule has 0 radical (unpaired) electrons. The van der Waals surface area contributed by atoms with Crippen LogP contribution < -0.4 is 5.32 Å². The van der Waals surface area contributed by atoms with Gasteiger partial charge in [0, 0.05) is 17.6 Å². The molecule has 0 aliphatic carbocycles. The van der Waals surface area contributed by atoms with Gasteiger partial charge in [-0.3, -0.25) is 4.84 Å². The van der Waals surface area contributed by atoms with Crippen LogP contribution in [-0.4, -0.2) is 25.3 Å². The minimum atomic E-state index is -0.327. The molecule has 1 aromatic rings. The van der Waals surface area contributed by atoms with Crippen molar-refractivity contribution in [2.75, 3.05) is 19.5 Å². The number of anilines is 1. The lowest BCUT2D eigenvalue weighted by molar-refractivity contribution is -0.0598. The summed E-state index contributed by atoms with van der Waals surface area (Å²) >= 11 is 4.16. The number of carbonyl (C=O) groups excluding carboxylic acids is 1. The van der Waals surface area contributed by atoms with E-state index in [0.29, 0.717) is 5.69 Å². The van der Waals surface area contributed by atoms with E-state index in [1.807, 2.05) is 12.1 Å². The fourth-order valence-electron chi connectivity index (χ4n) is 0.869. The maximum Gasteiger partial charge on any atom is 0.345 e. The molecule has 14 heavy (non-hydrogen) atoms. The second-order valence-corrected chi connectivity index (χ2v) is 3.18. The largest absolute Gasteiger partial charge is 0.345 e. The summed E-state index contributed by atoms with van der Waals surface area (Å²) in [5.74, 6) is 0. The molecule has 4 nitrogen and oxygen atoms in total. The Morgan fingerprint density at radius 2 is 2.29 bits per heavy atom. The van der Waals surface area contributed by atoms with Crippen LogP contribution in [0.3, 0.4) is 0 Å². The average Bonchev–Trinajstić information content (AvgIpc) is 2.16. The van der Waals surface area contributed by atoms with Crippen molar-refractivity contribution in [3.05, 3.63) is 24.3 Å². The van der Waals surface area contributed by atoms with E-state index in [1.54, 1.807) is 12.1 Å². The summed E-state index contributed by atoms with van der Waals surface area (Å²) in [6.45, 7) is 0. The molecule has 0 aliphatic rings. The maximum absolute atomic E-state index is 11.3. The van der Waals surface area contributed by atoms with Gasteiger partial charge in [-0.25, -0.2) is 9.86 Å². The number of rotatable bonds is 2. The number of thiol groups is 1. The van der Waals surface area contributed by atoms with Crippen molar-refractivity contribution in [2.45, 2.75) is 4.90 Å². The molecule has 76 valence electrons. The molecule has 1 rings (SSSR count). The highest BCUT2D eigenvalue weighted by Gasteiger charge is 2.06. The summed E-state index contributed by atoms with van der Waals surface area (Å²) in [6.07, 6.45) is 0. The molecule has 0 aromatic heterocycles. The topological polar surface area (TPSA) is 41.6 Å². The van der Waals surface area contributed by atoms with Gasteiger partial charge in [0.15, 0.2) is 0 Å². The van der Waals surface area contributed by atoms with Crippen LogP contribution in [0.15, 0.2) is 29.2 Å². The van der Waals surface area contributed by atoms with E-state index in [0.717, 1.165) is 9.96 Å². The lowest BCUT2D eigenvalue weighted by Gasteiger charge is -2.14. The van der Waals surface area contributed by atoms with Gasteiger partial charge < -0.3 is 5.32 Å². The Bertz CT molecular complexity index is 330. The van der Waals surface area contributed by atoms with Crippen molar-refractivity contribution >= 4 is 24.3 Å². The second-order valence-electron chi connectivity index (χ2n) is 2.66. The van der Waals surface area contributed by atoms with E-state index in [9.17, 15) is 4.79 Å². The third-order valence-electron chi connectivity index (χ3n) is 1.66. The SMILES string of the molecule is CON(C)C(=O)Nc1cccc(S)c1. The molecule has 1 N–H and O–H groups in total. The van der Waals surface area contributed by atoms with Crippen LogP contribution >= 0.6 is 12.6 Å². The van der Waals surface area contributed by atoms with E-state index in [4.69, 9.17) is 4.84 Å². The molecule has 0 saturated heterocycles. The molecule has 0 aliphatic heterocycles. The number of carbonyl (C=O) groups is 1. The molecule has 0 unspecified atom stereocenters. The standard InChI is InChI=1S/C9H12N2O2S/c1-11(13-2)9(12)10-7-4-3-5-8(14)6-7/h3-6,14H,1-2H3,(H,10,12). The summed E-state index contributed by atoms with van der Waals surface area (Å²) in [5.41, 5.74) is 0.686. The summed E-state index contributed by atoms with van der Waals surface area (Å²) in [6, 6.07) is 6.85. The van der Waals surface area contributed by atoms with Crippen LogP contribution in [0.2, 0.25) is 0 Å². The summed E-state index contributed by atoms with van der Waals surface area (Å²) in [4.78, 5) is 16.8. The van der Waals surface area contributed by atoms with E-state index < -0.39 is 0 Å². The van der Waals surface area contributed by atoms with E-state index in [1.165, 1.54) is 14.2 Å². The molecule has 0 bridgehead atoms. The molecule has 0 atom stereocenters. The van der Waals surface area contributed by atoms with Gasteiger partial charge in [-0.05, 0) is 18.2 Å². The number of hydrogen-bond donors (Lipinski definition) is 2. The van der Waals surface area contributed by atoms with Gasteiger partial charge in [0.2, 0.25) is 0 Å². The molecule has 0 heterocycles. The first-order chi connectivity index (χ1) is 6.63. The van der Waals surface area contributed by atoms with E-state index in [-0.39, 0.29) is 6.03 Å². The van der Waals surface area contributed by atoms with Gasteiger partial charge in [0.1, 0.15) is 0 Å². The molecule has 1 aromatic carbocycles. The van der Waals surface area contributed by atoms with Crippen molar-refractivity contribution in [3.8, 4) is 0 Å². The fourth-order valence-corrected chi connectivity index (χ4v) is 1.09. The third kappa shape index (κ3) is 2.93. The van der Waals surface area contributed by atoms with Crippen LogP contribution in [-0.2, 0) is 4.84 Å². The zero-order valence-electron chi connectivity index (χ0n) is 8.02. The average molecular weight is 212 g/mol.